The fourth-order valence-corrected chi connectivity index (χ4v) is 3.27. The third-order valence-electron chi connectivity index (χ3n) is 4.74. The molecule has 1 N–H and O–H groups in total. The van der Waals surface area contributed by atoms with E-state index in [9.17, 15) is 22.8 Å². The molecule has 152 valence electrons. The van der Waals surface area contributed by atoms with Crippen molar-refractivity contribution in [3.8, 4) is 0 Å². The van der Waals surface area contributed by atoms with Crippen LogP contribution in [0.15, 0.2) is 21.9 Å². The molecular formula is C17H21F3N6O2. The van der Waals surface area contributed by atoms with Gasteiger partial charge < -0.3 is 14.8 Å². The summed E-state index contributed by atoms with van der Waals surface area (Å²) in [5, 5.41) is 3.04. The lowest BCUT2D eigenvalue weighted by atomic mass is 10.0. The van der Waals surface area contributed by atoms with Crippen LogP contribution >= 0.6 is 0 Å². The van der Waals surface area contributed by atoms with Gasteiger partial charge in [0.05, 0.1) is 0 Å². The molecule has 0 unspecified atom stereocenters. The molecule has 3 rings (SSSR count). The highest BCUT2D eigenvalue weighted by Crippen LogP contribution is 2.29. The highest BCUT2D eigenvalue weighted by Gasteiger charge is 2.33. The fraction of sp³-hybridized carbons (Fsp3) is 0.529. The second-order valence-electron chi connectivity index (χ2n) is 6.86. The molecule has 0 bridgehead atoms. The van der Waals surface area contributed by atoms with E-state index in [1.54, 1.807) is 7.05 Å². The van der Waals surface area contributed by atoms with Crippen molar-refractivity contribution in [2.75, 3.05) is 23.3 Å². The van der Waals surface area contributed by atoms with Gasteiger partial charge in [-0.2, -0.15) is 13.2 Å². The van der Waals surface area contributed by atoms with Crippen LogP contribution in [-0.2, 0) is 20.3 Å². The average molecular weight is 398 g/mol. The van der Waals surface area contributed by atoms with Gasteiger partial charge in [-0.25, -0.2) is 14.8 Å². The summed E-state index contributed by atoms with van der Waals surface area (Å²) in [6.45, 7) is 2.47. The normalized spacial score (nSPS) is 15.7. The number of aryl methyl sites for hydroxylation is 2. The molecule has 1 aliphatic rings. The van der Waals surface area contributed by atoms with E-state index in [0.29, 0.717) is 31.6 Å². The van der Waals surface area contributed by atoms with Crippen LogP contribution in [0.3, 0.4) is 0 Å². The van der Waals surface area contributed by atoms with Crippen molar-refractivity contribution >= 4 is 11.5 Å². The van der Waals surface area contributed by atoms with E-state index in [-0.39, 0.29) is 23.2 Å². The Balaban J connectivity index is 1.71. The summed E-state index contributed by atoms with van der Waals surface area (Å²) in [5.41, 5.74) is -1.31. The first-order valence-electron chi connectivity index (χ1n) is 8.77. The maximum absolute atomic E-state index is 12.9. The molecule has 2 aromatic heterocycles. The van der Waals surface area contributed by atoms with Crippen LogP contribution in [0, 0.1) is 6.92 Å². The minimum atomic E-state index is -4.53. The fourth-order valence-electron chi connectivity index (χ4n) is 3.27. The molecule has 1 aliphatic heterocycles. The Morgan fingerprint density at radius 1 is 1.14 bits per heavy atom. The molecule has 3 heterocycles. The van der Waals surface area contributed by atoms with Crippen molar-refractivity contribution in [1.29, 1.82) is 0 Å². The second-order valence-corrected chi connectivity index (χ2v) is 6.86. The molecule has 28 heavy (non-hydrogen) atoms. The zero-order valence-corrected chi connectivity index (χ0v) is 15.7. The van der Waals surface area contributed by atoms with Gasteiger partial charge in [-0.3, -0.25) is 9.36 Å². The van der Waals surface area contributed by atoms with Crippen LogP contribution in [-0.4, -0.2) is 38.2 Å². The number of piperidine rings is 1. The van der Waals surface area contributed by atoms with E-state index < -0.39 is 17.6 Å². The summed E-state index contributed by atoms with van der Waals surface area (Å²) in [5.74, 6) is 0.180. The van der Waals surface area contributed by atoms with Crippen LogP contribution < -0.4 is 21.5 Å². The predicted octanol–water partition coefficient (Wildman–Crippen LogP) is 1.28. The van der Waals surface area contributed by atoms with E-state index in [4.69, 9.17) is 0 Å². The number of hydrogen-bond acceptors (Lipinski definition) is 6. The minimum absolute atomic E-state index is 0.0449. The third-order valence-corrected chi connectivity index (χ3v) is 4.74. The summed E-state index contributed by atoms with van der Waals surface area (Å²) in [6, 6.07) is 0.824. The summed E-state index contributed by atoms with van der Waals surface area (Å²) in [7, 11) is 3.01. The summed E-state index contributed by atoms with van der Waals surface area (Å²) >= 11 is 0. The van der Waals surface area contributed by atoms with Crippen LogP contribution in [0.4, 0.5) is 24.7 Å². The van der Waals surface area contributed by atoms with Crippen molar-refractivity contribution < 1.29 is 13.2 Å². The highest BCUT2D eigenvalue weighted by molar-refractivity contribution is 5.44. The lowest BCUT2D eigenvalue weighted by Crippen LogP contribution is -2.45. The Morgan fingerprint density at radius 2 is 1.79 bits per heavy atom. The summed E-state index contributed by atoms with van der Waals surface area (Å²) in [4.78, 5) is 33.5. The van der Waals surface area contributed by atoms with Crippen LogP contribution in [0.5, 0.6) is 0 Å². The first-order chi connectivity index (χ1) is 13.1. The molecule has 0 amide bonds. The van der Waals surface area contributed by atoms with Gasteiger partial charge >= 0.3 is 11.9 Å². The Labute approximate surface area is 158 Å². The lowest BCUT2D eigenvalue weighted by Gasteiger charge is -2.33. The minimum Gasteiger partial charge on any atom is -0.367 e. The molecule has 2 aromatic rings. The lowest BCUT2D eigenvalue weighted by molar-refractivity contribution is -0.141. The Morgan fingerprint density at radius 3 is 2.39 bits per heavy atom. The van der Waals surface area contributed by atoms with Gasteiger partial charge in [-0.05, 0) is 19.8 Å². The molecule has 0 radical (unpaired) electrons. The zero-order valence-electron chi connectivity index (χ0n) is 15.7. The standard InChI is InChI=1S/C17H21F3N6O2/c1-10-21-13(17(18,19)20)8-14(22-10)23-11-4-6-26(7-5-11)12-9-24(2)16(28)25(3)15(12)27/h8-9,11H,4-7H2,1-3H3,(H,21,22,23). The van der Waals surface area contributed by atoms with Crippen molar-refractivity contribution in [3.63, 3.8) is 0 Å². The number of nitrogens with one attached hydrogen (secondary N) is 1. The SMILES string of the molecule is Cc1nc(NC2CCN(c3cn(C)c(=O)n(C)c3=O)CC2)cc(C(F)(F)F)n1. The van der Waals surface area contributed by atoms with Gasteiger partial charge in [0, 0.05) is 45.5 Å². The van der Waals surface area contributed by atoms with E-state index >= 15 is 0 Å². The zero-order chi connectivity index (χ0) is 20.6. The second kappa shape index (κ2) is 7.28. The Kier molecular flexibility index (Phi) is 5.18. The van der Waals surface area contributed by atoms with Gasteiger partial charge in [-0.15, -0.1) is 0 Å². The Hall–Kier alpha value is -2.85. The van der Waals surface area contributed by atoms with Gasteiger partial charge in [0.25, 0.3) is 5.56 Å². The van der Waals surface area contributed by atoms with E-state index in [0.717, 1.165) is 10.6 Å². The quantitative estimate of drug-likeness (QED) is 0.839. The van der Waals surface area contributed by atoms with Crippen LogP contribution in [0.2, 0.25) is 0 Å². The number of halogens is 3. The number of nitrogens with zero attached hydrogens (tertiary/aromatic N) is 5. The maximum atomic E-state index is 12.9. The molecule has 11 heteroatoms. The van der Waals surface area contributed by atoms with Crippen LogP contribution in [0.25, 0.3) is 0 Å². The number of aromatic nitrogens is 4. The number of hydrogen-bond donors (Lipinski definition) is 1. The smallest absolute Gasteiger partial charge is 0.367 e. The summed E-state index contributed by atoms with van der Waals surface area (Å²) < 4.78 is 41.2. The molecule has 8 nitrogen and oxygen atoms in total. The first-order valence-corrected chi connectivity index (χ1v) is 8.77. The highest BCUT2D eigenvalue weighted by atomic mass is 19.4. The number of anilines is 2. The van der Waals surface area contributed by atoms with Crippen molar-refractivity contribution in [2.45, 2.75) is 32.0 Å². The van der Waals surface area contributed by atoms with E-state index in [1.165, 1.54) is 24.7 Å². The number of rotatable bonds is 3. The molecule has 1 fully saturated rings. The molecule has 0 saturated carbocycles. The monoisotopic (exact) mass is 398 g/mol. The van der Waals surface area contributed by atoms with Gasteiger partial charge in [-0.1, -0.05) is 0 Å². The van der Waals surface area contributed by atoms with Crippen molar-refractivity contribution in [1.82, 2.24) is 19.1 Å². The number of alkyl halides is 3. The topological polar surface area (TPSA) is 85.0 Å². The maximum Gasteiger partial charge on any atom is 0.433 e. The molecule has 0 aromatic carbocycles. The molecule has 1 saturated heterocycles. The molecule has 0 atom stereocenters. The van der Waals surface area contributed by atoms with Gasteiger partial charge in [0.15, 0.2) is 0 Å². The summed E-state index contributed by atoms with van der Waals surface area (Å²) in [6.07, 6.45) is -1.80. The van der Waals surface area contributed by atoms with E-state index in [2.05, 4.69) is 15.3 Å². The average Bonchev–Trinajstić information content (AvgIpc) is 2.62. The van der Waals surface area contributed by atoms with E-state index in [1.807, 2.05) is 4.90 Å². The largest absolute Gasteiger partial charge is 0.433 e. The van der Waals surface area contributed by atoms with Gasteiger partial charge in [0.2, 0.25) is 0 Å². The first kappa shape index (κ1) is 19.9. The van der Waals surface area contributed by atoms with Crippen molar-refractivity contribution in [3.05, 3.63) is 44.6 Å². The third kappa shape index (κ3) is 4.02. The molecule has 0 aliphatic carbocycles. The Bertz CT molecular complexity index is 990. The molecule has 0 spiro atoms. The predicted molar refractivity (Wildman–Crippen MR) is 97.6 cm³/mol. The van der Waals surface area contributed by atoms with Crippen molar-refractivity contribution in [2.24, 2.45) is 14.1 Å². The molecular weight excluding hydrogens is 377 g/mol. The van der Waals surface area contributed by atoms with Crippen LogP contribution in [0.1, 0.15) is 24.4 Å². The van der Waals surface area contributed by atoms with Gasteiger partial charge in [0.1, 0.15) is 23.0 Å².